The van der Waals surface area contributed by atoms with Gasteiger partial charge in [0.25, 0.3) is 0 Å². The van der Waals surface area contributed by atoms with Crippen LogP contribution in [0.3, 0.4) is 0 Å². The molecule has 0 fully saturated rings. The fourth-order valence-electron chi connectivity index (χ4n) is 1.49. The largest absolute Gasteiger partial charge is 0.465 e. The topological polar surface area (TPSA) is 100 Å². The first-order valence-electron chi connectivity index (χ1n) is 5.48. The molecule has 0 aliphatic heterocycles. The van der Waals surface area contributed by atoms with Gasteiger partial charge in [0.2, 0.25) is 0 Å². The van der Waals surface area contributed by atoms with Crippen LogP contribution in [0.4, 0.5) is 11.5 Å². The number of nitrogen functional groups attached to an aromatic ring is 2. The summed E-state index contributed by atoms with van der Waals surface area (Å²) in [6, 6.07) is 8.16. The molecule has 6 nitrogen and oxygen atoms in total. The quantitative estimate of drug-likeness (QED) is 0.815. The van der Waals surface area contributed by atoms with Gasteiger partial charge in [-0.15, -0.1) is 0 Å². The third-order valence-corrected chi connectivity index (χ3v) is 2.46. The van der Waals surface area contributed by atoms with Crippen LogP contribution >= 0.6 is 0 Å². The number of pyridine rings is 1. The van der Waals surface area contributed by atoms with Gasteiger partial charge in [0, 0.05) is 12.3 Å². The standard InChI is InChI=1S/C13H13N3O3/c1-18-13(17)8-3-2-4-9(7-8)19-10-5-6-16-12(15)11(10)14/h2-7H,14H2,1H3,(H2,15,16). The summed E-state index contributed by atoms with van der Waals surface area (Å²) in [7, 11) is 1.32. The van der Waals surface area contributed by atoms with Crippen LogP contribution in [0.5, 0.6) is 11.5 Å². The molecule has 6 heteroatoms. The highest BCUT2D eigenvalue weighted by molar-refractivity contribution is 5.89. The molecule has 0 atom stereocenters. The van der Waals surface area contributed by atoms with Crippen molar-refractivity contribution in [3.8, 4) is 11.5 Å². The number of esters is 1. The second-order valence-corrected chi connectivity index (χ2v) is 3.73. The van der Waals surface area contributed by atoms with Gasteiger partial charge in [-0.05, 0) is 18.2 Å². The molecule has 0 amide bonds. The van der Waals surface area contributed by atoms with Gasteiger partial charge in [0.15, 0.2) is 5.75 Å². The lowest BCUT2D eigenvalue weighted by Crippen LogP contribution is -2.02. The van der Waals surface area contributed by atoms with Gasteiger partial charge >= 0.3 is 5.97 Å². The molecule has 0 unspecified atom stereocenters. The summed E-state index contributed by atoms with van der Waals surface area (Å²) >= 11 is 0. The lowest BCUT2D eigenvalue weighted by atomic mass is 10.2. The number of aromatic nitrogens is 1. The molecule has 0 aliphatic carbocycles. The van der Waals surface area contributed by atoms with E-state index in [-0.39, 0.29) is 11.5 Å². The summed E-state index contributed by atoms with van der Waals surface area (Å²) in [5.41, 5.74) is 12.0. The predicted molar refractivity (Wildman–Crippen MR) is 70.9 cm³/mol. The first-order chi connectivity index (χ1) is 9.11. The molecule has 0 bridgehead atoms. The highest BCUT2D eigenvalue weighted by Crippen LogP contribution is 2.30. The number of ether oxygens (including phenoxy) is 2. The Labute approximate surface area is 110 Å². The Morgan fingerprint density at radius 2 is 2.05 bits per heavy atom. The SMILES string of the molecule is COC(=O)c1cccc(Oc2ccnc(N)c2N)c1. The van der Waals surface area contributed by atoms with Crippen LogP contribution in [0.15, 0.2) is 36.5 Å². The van der Waals surface area contributed by atoms with Crippen LogP contribution < -0.4 is 16.2 Å². The van der Waals surface area contributed by atoms with Crippen LogP contribution in [0.25, 0.3) is 0 Å². The Morgan fingerprint density at radius 1 is 1.26 bits per heavy atom. The minimum absolute atomic E-state index is 0.196. The Kier molecular flexibility index (Phi) is 3.51. The van der Waals surface area contributed by atoms with Gasteiger partial charge in [0.1, 0.15) is 17.3 Å². The molecular formula is C13H13N3O3. The molecule has 1 aromatic heterocycles. The molecule has 4 N–H and O–H groups in total. The fourth-order valence-corrected chi connectivity index (χ4v) is 1.49. The maximum Gasteiger partial charge on any atom is 0.337 e. The highest BCUT2D eigenvalue weighted by Gasteiger charge is 2.09. The van der Waals surface area contributed by atoms with Crippen molar-refractivity contribution >= 4 is 17.5 Å². The van der Waals surface area contributed by atoms with Crippen molar-refractivity contribution in [1.82, 2.24) is 4.98 Å². The molecule has 19 heavy (non-hydrogen) atoms. The Balaban J connectivity index is 2.28. The maximum atomic E-state index is 11.4. The van der Waals surface area contributed by atoms with E-state index in [4.69, 9.17) is 16.2 Å². The van der Waals surface area contributed by atoms with E-state index in [0.717, 1.165) is 0 Å². The molecule has 2 aromatic rings. The number of methoxy groups -OCH3 is 1. The van der Waals surface area contributed by atoms with E-state index in [9.17, 15) is 4.79 Å². The lowest BCUT2D eigenvalue weighted by Gasteiger charge is -2.10. The smallest absolute Gasteiger partial charge is 0.337 e. The number of hydrogen-bond acceptors (Lipinski definition) is 6. The maximum absolute atomic E-state index is 11.4. The number of carbonyl (C=O) groups excluding carboxylic acids is 1. The number of carbonyl (C=O) groups is 1. The van der Waals surface area contributed by atoms with Crippen LogP contribution in [0.2, 0.25) is 0 Å². The number of anilines is 2. The summed E-state index contributed by atoms with van der Waals surface area (Å²) < 4.78 is 10.2. The summed E-state index contributed by atoms with van der Waals surface area (Å²) in [6.07, 6.45) is 1.49. The number of nitrogens with zero attached hydrogens (tertiary/aromatic N) is 1. The molecule has 0 aliphatic rings. The van der Waals surface area contributed by atoms with Gasteiger partial charge in [-0.1, -0.05) is 6.07 Å². The predicted octanol–water partition coefficient (Wildman–Crippen LogP) is 1.82. The third-order valence-electron chi connectivity index (χ3n) is 2.46. The number of nitrogens with two attached hydrogens (primary N) is 2. The van der Waals surface area contributed by atoms with Gasteiger partial charge < -0.3 is 20.9 Å². The van der Waals surface area contributed by atoms with Crippen LogP contribution in [-0.2, 0) is 4.74 Å². The molecule has 1 heterocycles. The van der Waals surface area contributed by atoms with E-state index in [1.165, 1.54) is 13.3 Å². The molecule has 0 saturated carbocycles. The van der Waals surface area contributed by atoms with Crippen molar-refractivity contribution in [3.63, 3.8) is 0 Å². The van der Waals surface area contributed by atoms with Crippen molar-refractivity contribution in [2.75, 3.05) is 18.6 Å². The third kappa shape index (κ3) is 2.74. The summed E-state index contributed by atoms with van der Waals surface area (Å²) in [5, 5.41) is 0. The number of benzene rings is 1. The van der Waals surface area contributed by atoms with E-state index >= 15 is 0 Å². The summed E-state index contributed by atoms with van der Waals surface area (Å²) in [4.78, 5) is 15.2. The van der Waals surface area contributed by atoms with Crippen molar-refractivity contribution in [2.45, 2.75) is 0 Å². The van der Waals surface area contributed by atoms with Gasteiger partial charge in [0.05, 0.1) is 12.7 Å². The molecular weight excluding hydrogens is 246 g/mol. The Bertz CT molecular complexity index is 614. The molecule has 0 spiro atoms. The molecule has 98 valence electrons. The number of rotatable bonds is 3. The van der Waals surface area contributed by atoms with E-state index in [1.807, 2.05) is 0 Å². The van der Waals surface area contributed by atoms with Gasteiger partial charge in [-0.2, -0.15) is 0 Å². The van der Waals surface area contributed by atoms with Crippen LogP contribution in [-0.4, -0.2) is 18.1 Å². The van der Waals surface area contributed by atoms with Crippen molar-refractivity contribution in [1.29, 1.82) is 0 Å². The zero-order valence-corrected chi connectivity index (χ0v) is 10.3. The first kappa shape index (κ1) is 12.7. The first-order valence-corrected chi connectivity index (χ1v) is 5.48. The van der Waals surface area contributed by atoms with Crippen molar-refractivity contribution < 1.29 is 14.3 Å². The summed E-state index contributed by atoms with van der Waals surface area (Å²) in [6.45, 7) is 0. The van der Waals surface area contributed by atoms with E-state index in [2.05, 4.69) is 9.72 Å². The average molecular weight is 259 g/mol. The second kappa shape index (κ2) is 5.26. The molecule has 2 rings (SSSR count). The molecule has 0 radical (unpaired) electrons. The normalized spacial score (nSPS) is 9.95. The highest BCUT2D eigenvalue weighted by atomic mass is 16.5. The average Bonchev–Trinajstić information content (AvgIpc) is 2.43. The van der Waals surface area contributed by atoms with Gasteiger partial charge in [-0.3, -0.25) is 0 Å². The minimum Gasteiger partial charge on any atom is -0.465 e. The molecule has 0 saturated heterocycles. The van der Waals surface area contributed by atoms with Crippen molar-refractivity contribution in [3.05, 3.63) is 42.1 Å². The van der Waals surface area contributed by atoms with Gasteiger partial charge in [-0.25, -0.2) is 9.78 Å². The second-order valence-electron chi connectivity index (χ2n) is 3.73. The van der Waals surface area contributed by atoms with E-state index < -0.39 is 5.97 Å². The lowest BCUT2D eigenvalue weighted by molar-refractivity contribution is 0.0600. The Hall–Kier alpha value is -2.76. The van der Waals surface area contributed by atoms with Crippen molar-refractivity contribution in [2.24, 2.45) is 0 Å². The van der Waals surface area contributed by atoms with Crippen LogP contribution in [0, 0.1) is 0 Å². The minimum atomic E-state index is -0.437. The zero-order chi connectivity index (χ0) is 13.8. The molecule has 1 aromatic carbocycles. The van der Waals surface area contributed by atoms with E-state index in [1.54, 1.807) is 30.3 Å². The number of hydrogen-bond donors (Lipinski definition) is 2. The van der Waals surface area contributed by atoms with Crippen LogP contribution in [0.1, 0.15) is 10.4 Å². The van der Waals surface area contributed by atoms with E-state index in [0.29, 0.717) is 17.1 Å². The summed E-state index contributed by atoms with van der Waals surface area (Å²) in [5.74, 6) is 0.601. The Morgan fingerprint density at radius 3 is 2.79 bits per heavy atom. The fraction of sp³-hybridized carbons (Fsp3) is 0.0769. The monoisotopic (exact) mass is 259 g/mol. The zero-order valence-electron chi connectivity index (χ0n) is 10.3.